The third-order valence-corrected chi connectivity index (χ3v) is 3.95. The zero-order chi connectivity index (χ0) is 11.5. The predicted octanol–water partition coefficient (Wildman–Crippen LogP) is 3.89. The van der Waals surface area contributed by atoms with Gasteiger partial charge in [-0.2, -0.15) is 0 Å². The van der Waals surface area contributed by atoms with E-state index >= 15 is 0 Å². The minimum absolute atomic E-state index is 0.0637. The van der Waals surface area contributed by atoms with E-state index in [1.54, 1.807) is 0 Å². The van der Waals surface area contributed by atoms with Gasteiger partial charge in [0.25, 0.3) is 0 Å². The summed E-state index contributed by atoms with van der Waals surface area (Å²) in [7, 11) is 0. The number of ether oxygens (including phenoxy) is 1. The summed E-state index contributed by atoms with van der Waals surface area (Å²) in [6.07, 6.45) is 3.62. The lowest BCUT2D eigenvalue weighted by molar-refractivity contribution is 0.00648. The number of benzene rings is 1. The van der Waals surface area contributed by atoms with Gasteiger partial charge in [0.2, 0.25) is 0 Å². The van der Waals surface area contributed by atoms with E-state index in [0.717, 1.165) is 40.4 Å². The Labute approximate surface area is 112 Å². The van der Waals surface area contributed by atoms with Crippen molar-refractivity contribution in [2.24, 2.45) is 0 Å². The number of aliphatic hydroxyl groups is 1. The van der Waals surface area contributed by atoms with E-state index in [-0.39, 0.29) is 12.2 Å². The van der Waals surface area contributed by atoms with Crippen LogP contribution in [-0.2, 0) is 0 Å². The van der Waals surface area contributed by atoms with E-state index in [1.807, 2.05) is 18.2 Å². The van der Waals surface area contributed by atoms with Gasteiger partial charge in [-0.3, -0.25) is 0 Å². The van der Waals surface area contributed by atoms with E-state index in [1.165, 1.54) is 0 Å². The molecule has 0 unspecified atom stereocenters. The molecule has 1 aliphatic carbocycles. The van der Waals surface area contributed by atoms with Crippen LogP contribution in [0.25, 0.3) is 0 Å². The molecule has 16 heavy (non-hydrogen) atoms. The molecule has 0 aromatic heterocycles. The summed E-state index contributed by atoms with van der Waals surface area (Å²) in [5, 5.41) is 9.83. The van der Waals surface area contributed by atoms with Crippen molar-refractivity contribution < 1.29 is 9.84 Å². The summed E-state index contributed by atoms with van der Waals surface area (Å²) in [6, 6.07) is 5.80. The quantitative estimate of drug-likeness (QED) is 0.877. The highest BCUT2D eigenvalue weighted by Gasteiger charge is 2.25. The number of aliphatic hydroxyl groups excluding tert-OH is 1. The fraction of sp³-hybridized carbons (Fsp3) is 0.500. The fourth-order valence-corrected chi connectivity index (χ4v) is 3.09. The highest BCUT2D eigenvalue weighted by molar-refractivity contribution is 9.11. The van der Waals surface area contributed by atoms with Crippen LogP contribution in [0.15, 0.2) is 27.1 Å². The first-order valence-electron chi connectivity index (χ1n) is 5.46. The van der Waals surface area contributed by atoms with Crippen molar-refractivity contribution in [3.63, 3.8) is 0 Å². The van der Waals surface area contributed by atoms with Crippen molar-refractivity contribution in [3.8, 4) is 5.75 Å². The second kappa shape index (κ2) is 5.52. The molecule has 0 radical (unpaired) electrons. The molecule has 1 fully saturated rings. The largest absolute Gasteiger partial charge is 0.487 e. The first-order chi connectivity index (χ1) is 7.66. The zero-order valence-electron chi connectivity index (χ0n) is 8.83. The SMILES string of the molecule is O[C@H]1CCCC[C@@H]1Oc1ccc(Br)cc1Br. The van der Waals surface area contributed by atoms with Crippen LogP contribution >= 0.6 is 31.9 Å². The normalized spacial score (nSPS) is 25.4. The average molecular weight is 350 g/mol. The molecule has 0 heterocycles. The van der Waals surface area contributed by atoms with Gasteiger partial charge in [-0.25, -0.2) is 0 Å². The molecule has 1 aromatic carbocycles. The molecule has 0 aliphatic heterocycles. The van der Waals surface area contributed by atoms with Crippen molar-refractivity contribution >= 4 is 31.9 Å². The van der Waals surface area contributed by atoms with Crippen LogP contribution in [0.5, 0.6) is 5.75 Å². The number of halogens is 2. The van der Waals surface area contributed by atoms with Crippen molar-refractivity contribution in [2.75, 3.05) is 0 Å². The van der Waals surface area contributed by atoms with E-state index in [4.69, 9.17) is 4.74 Å². The summed E-state index contributed by atoms with van der Waals surface area (Å²) >= 11 is 6.86. The smallest absolute Gasteiger partial charge is 0.134 e. The van der Waals surface area contributed by atoms with Crippen molar-refractivity contribution in [1.82, 2.24) is 0 Å². The van der Waals surface area contributed by atoms with Gasteiger partial charge in [0.15, 0.2) is 0 Å². The Morgan fingerprint density at radius 2 is 1.94 bits per heavy atom. The van der Waals surface area contributed by atoms with Crippen LogP contribution in [0.2, 0.25) is 0 Å². The summed E-state index contributed by atoms with van der Waals surface area (Å²) < 4.78 is 7.76. The third-order valence-electron chi connectivity index (χ3n) is 2.84. The lowest BCUT2D eigenvalue weighted by Gasteiger charge is -2.28. The molecule has 0 amide bonds. The van der Waals surface area contributed by atoms with Crippen molar-refractivity contribution in [3.05, 3.63) is 27.1 Å². The summed E-state index contributed by atoms with van der Waals surface area (Å²) in [6.45, 7) is 0. The van der Waals surface area contributed by atoms with Gasteiger partial charge < -0.3 is 9.84 Å². The summed E-state index contributed by atoms with van der Waals surface area (Å²) in [4.78, 5) is 0. The highest BCUT2D eigenvalue weighted by Crippen LogP contribution is 2.31. The molecule has 88 valence electrons. The van der Waals surface area contributed by atoms with Gasteiger partial charge in [0, 0.05) is 4.47 Å². The standard InChI is InChI=1S/C12H14Br2O2/c13-8-5-6-11(9(14)7-8)16-12-4-2-1-3-10(12)15/h5-7,10,12,15H,1-4H2/t10-,12-/m0/s1. The molecule has 4 heteroatoms. The molecule has 1 aromatic rings. The molecule has 1 saturated carbocycles. The van der Waals surface area contributed by atoms with Gasteiger partial charge in [-0.05, 0) is 53.4 Å². The summed E-state index contributed by atoms with van der Waals surface area (Å²) in [5.41, 5.74) is 0. The first-order valence-corrected chi connectivity index (χ1v) is 7.05. The van der Waals surface area contributed by atoms with E-state index in [0.29, 0.717) is 0 Å². The van der Waals surface area contributed by atoms with E-state index in [9.17, 15) is 5.11 Å². The minimum Gasteiger partial charge on any atom is -0.487 e. The maximum absolute atomic E-state index is 9.83. The van der Waals surface area contributed by atoms with E-state index in [2.05, 4.69) is 31.9 Å². The number of hydrogen-bond donors (Lipinski definition) is 1. The van der Waals surface area contributed by atoms with Gasteiger partial charge in [-0.1, -0.05) is 22.4 Å². The van der Waals surface area contributed by atoms with Crippen LogP contribution in [0, 0.1) is 0 Å². The molecular weight excluding hydrogens is 336 g/mol. The van der Waals surface area contributed by atoms with Gasteiger partial charge in [-0.15, -0.1) is 0 Å². The Hall–Kier alpha value is -0.0600. The topological polar surface area (TPSA) is 29.5 Å². The Bertz CT molecular complexity index is 368. The Morgan fingerprint density at radius 1 is 1.19 bits per heavy atom. The molecular formula is C12H14Br2O2. The Balaban J connectivity index is 2.07. The van der Waals surface area contributed by atoms with Crippen molar-refractivity contribution in [2.45, 2.75) is 37.9 Å². The van der Waals surface area contributed by atoms with Crippen LogP contribution in [0.1, 0.15) is 25.7 Å². The summed E-state index contributed by atoms with van der Waals surface area (Å²) in [5.74, 6) is 0.800. The Kier molecular flexibility index (Phi) is 4.27. The van der Waals surface area contributed by atoms with Crippen LogP contribution < -0.4 is 4.74 Å². The van der Waals surface area contributed by atoms with Gasteiger partial charge in [0.05, 0.1) is 10.6 Å². The highest BCUT2D eigenvalue weighted by atomic mass is 79.9. The van der Waals surface area contributed by atoms with Crippen LogP contribution in [-0.4, -0.2) is 17.3 Å². The molecule has 2 rings (SSSR count). The van der Waals surface area contributed by atoms with Gasteiger partial charge >= 0.3 is 0 Å². The molecule has 1 aliphatic rings. The second-order valence-corrected chi connectivity index (χ2v) is 5.85. The van der Waals surface area contributed by atoms with Crippen LogP contribution in [0.4, 0.5) is 0 Å². The molecule has 1 N–H and O–H groups in total. The van der Waals surface area contributed by atoms with Crippen molar-refractivity contribution in [1.29, 1.82) is 0 Å². The molecule has 0 saturated heterocycles. The maximum Gasteiger partial charge on any atom is 0.134 e. The molecule has 2 atom stereocenters. The van der Waals surface area contributed by atoms with E-state index < -0.39 is 0 Å². The number of rotatable bonds is 2. The molecule has 2 nitrogen and oxygen atoms in total. The maximum atomic E-state index is 9.83. The van der Waals surface area contributed by atoms with Gasteiger partial charge in [0.1, 0.15) is 11.9 Å². The monoisotopic (exact) mass is 348 g/mol. The minimum atomic E-state index is -0.329. The Morgan fingerprint density at radius 3 is 2.62 bits per heavy atom. The number of hydrogen-bond acceptors (Lipinski definition) is 2. The zero-order valence-corrected chi connectivity index (χ0v) is 12.0. The second-order valence-electron chi connectivity index (χ2n) is 4.08. The van der Waals surface area contributed by atoms with Crippen LogP contribution in [0.3, 0.4) is 0 Å². The lowest BCUT2D eigenvalue weighted by atomic mass is 9.95. The average Bonchev–Trinajstić information content (AvgIpc) is 2.25. The predicted molar refractivity (Wildman–Crippen MR) is 70.7 cm³/mol. The molecule has 0 spiro atoms. The molecule has 0 bridgehead atoms. The fourth-order valence-electron chi connectivity index (χ4n) is 1.95. The first kappa shape index (κ1) is 12.4. The third kappa shape index (κ3) is 2.99. The lowest BCUT2D eigenvalue weighted by Crippen LogP contribution is -2.34.